The molecule has 0 fully saturated rings. The molecular formula is C9H19N5O3. The van der Waals surface area contributed by atoms with Gasteiger partial charge in [-0.2, -0.15) is 5.10 Å². The number of guanidine groups is 1. The summed E-state index contributed by atoms with van der Waals surface area (Å²) < 4.78 is 0. The number of nitrogens with two attached hydrogens (primary N) is 2. The number of rotatable bonds is 4. The smallest absolute Gasteiger partial charge is 0.291 e. The predicted molar refractivity (Wildman–Crippen MR) is 66.4 cm³/mol. The first-order chi connectivity index (χ1) is 7.75. The molecule has 0 amide bonds. The van der Waals surface area contributed by atoms with Crippen LogP contribution in [0.1, 0.15) is 33.6 Å². The zero-order valence-corrected chi connectivity index (χ0v) is 10.3. The van der Waals surface area contributed by atoms with Gasteiger partial charge in [-0.15, -0.1) is 15.2 Å². The molecule has 0 aromatic heterocycles. The van der Waals surface area contributed by atoms with Crippen LogP contribution in [0.25, 0.3) is 0 Å². The number of hydrogen-bond donors (Lipinski definition) is 3. The van der Waals surface area contributed by atoms with Gasteiger partial charge < -0.3 is 16.7 Å². The lowest BCUT2D eigenvalue weighted by atomic mass is 10.2. The number of allylic oxidation sites excluding steroid dienone is 2. The van der Waals surface area contributed by atoms with Crippen molar-refractivity contribution in [2.75, 3.05) is 0 Å². The molecular weight excluding hydrogens is 226 g/mol. The second-order valence-corrected chi connectivity index (χ2v) is 3.42. The molecule has 98 valence electrons. The van der Waals surface area contributed by atoms with Crippen LogP contribution in [-0.4, -0.2) is 22.0 Å². The topological polar surface area (TPSA) is 140 Å². The third-order valence-corrected chi connectivity index (χ3v) is 1.39. The van der Waals surface area contributed by atoms with Gasteiger partial charge in [0.15, 0.2) is 0 Å². The van der Waals surface area contributed by atoms with Gasteiger partial charge in [0.05, 0.1) is 0 Å². The van der Waals surface area contributed by atoms with E-state index in [9.17, 15) is 0 Å². The Morgan fingerprint density at radius 3 is 2.18 bits per heavy atom. The minimum Gasteiger partial charge on any atom is -0.369 e. The average Bonchev–Trinajstić information content (AvgIpc) is 2.13. The van der Waals surface area contributed by atoms with Crippen LogP contribution in [0.5, 0.6) is 0 Å². The Labute approximate surface area is 99.8 Å². The van der Waals surface area contributed by atoms with E-state index in [-0.39, 0.29) is 5.96 Å². The molecule has 0 unspecified atom stereocenters. The van der Waals surface area contributed by atoms with Crippen LogP contribution in [0.4, 0.5) is 0 Å². The molecule has 17 heavy (non-hydrogen) atoms. The van der Waals surface area contributed by atoms with Crippen molar-refractivity contribution in [1.29, 1.82) is 0 Å². The summed E-state index contributed by atoms with van der Waals surface area (Å²) >= 11 is 0. The van der Waals surface area contributed by atoms with Crippen molar-refractivity contribution in [2.45, 2.75) is 33.6 Å². The van der Waals surface area contributed by atoms with Crippen LogP contribution >= 0.6 is 0 Å². The molecule has 0 bridgehead atoms. The van der Waals surface area contributed by atoms with Gasteiger partial charge in [0, 0.05) is 5.71 Å². The fourth-order valence-corrected chi connectivity index (χ4v) is 0.763. The molecule has 0 atom stereocenters. The lowest BCUT2D eigenvalue weighted by molar-refractivity contribution is -0.742. The second-order valence-electron chi connectivity index (χ2n) is 3.42. The highest BCUT2D eigenvalue weighted by Crippen LogP contribution is 1.98. The fraction of sp³-hybridized carbons (Fsp3) is 0.556. The first-order valence-electron chi connectivity index (χ1n) is 4.84. The molecule has 0 spiro atoms. The summed E-state index contributed by atoms with van der Waals surface area (Å²) in [5.74, 6) is 0.00145. The van der Waals surface area contributed by atoms with E-state index in [0.29, 0.717) is 0 Å². The van der Waals surface area contributed by atoms with Crippen LogP contribution in [-0.2, 0) is 0 Å². The Morgan fingerprint density at radius 2 is 1.82 bits per heavy atom. The van der Waals surface area contributed by atoms with Crippen molar-refractivity contribution in [2.24, 2.45) is 21.7 Å². The van der Waals surface area contributed by atoms with Gasteiger partial charge in [-0.3, -0.25) is 0 Å². The highest BCUT2D eigenvalue weighted by molar-refractivity contribution is 5.83. The summed E-state index contributed by atoms with van der Waals surface area (Å²) in [7, 11) is 0. The van der Waals surface area contributed by atoms with Gasteiger partial charge in [0.25, 0.3) is 5.09 Å². The lowest BCUT2D eigenvalue weighted by Crippen LogP contribution is -2.22. The molecule has 0 saturated carbocycles. The van der Waals surface area contributed by atoms with E-state index in [4.69, 9.17) is 26.8 Å². The van der Waals surface area contributed by atoms with Crippen LogP contribution in [0, 0.1) is 10.1 Å². The van der Waals surface area contributed by atoms with Crippen molar-refractivity contribution < 1.29 is 10.3 Å². The average molecular weight is 245 g/mol. The SMILES string of the molecule is CC(C)=CCC/C(C)=N\N=C(N)N.O=[N+]([O-])O. The van der Waals surface area contributed by atoms with Gasteiger partial charge in [-0.25, -0.2) is 0 Å². The summed E-state index contributed by atoms with van der Waals surface area (Å²) in [4.78, 5) is 8.36. The van der Waals surface area contributed by atoms with Crippen LogP contribution in [0.2, 0.25) is 0 Å². The molecule has 5 N–H and O–H groups in total. The van der Waals surface area contributed by atoms with E-state index in [1.807, 2.05) is 6.92 Å². The molecule has 8 nitrogen and oxygen atoms in total. The Balaban J connectivity index is 0. The Bertz CT molecular complexity index is 311. The minimum absolute atomic E-state index is 0.00145. The Hall–Kier alpha value is -2.12. The van der Waals surface area contributed by atoms with E-state index < -0.39 is 5.09 Å². The molecule has 0 aromatic rings. The molecule has 0 aliphatic carbocycles. The van der Waals surface area contributed by atoms with Gasteiger partial charge in [0.2, 0.25) is 5.96 Å². The lowest BCUT2D eigenvalue weighted by Gasteiger charge is -1.94. The second kappa shape index (κ2) is 10.4. The van der Waals surface area contributed by atoms with Gasteiger partial charge in [-0.05, 0) is 33.6 Å². The van der Waals surface area contributed by atoms with Crippen LogP contribution in [0.3, 0.4) is 0 Å². The summed E-state index contributed by atoms with van der Waals surface area (Å²) in [5.41, 5.74) is 12.5. The highest BCUT2D eigenvalue weighted by atomic mass is 16.9. The molecule has 0 rings (SSSR count). The monoisotopic (exact) mass is 245 g/mol. The van der Waals surface area contributed by atoms with Gasteiger partial charge in [-0.1, -0.05) is 11.6 Å². The van der Waals surface area contributed by atoms with Gasteiger partial charge >= 0.3 is 0 Å². The van der Waals surface area contributed by atoms with E-state index in [1.54, 1.807) is 0 Å². The maximum absolute atomic E-state index is 8.36. The third kappa shape index (κ3) is 24.8. The summed E-state index contributed by atoms with van der Waals surface area (Å²) in [6.07, 6.45) is 4.04. The summed E-state index contributed by atoms with van der Waals surface area (Å²) in [6.45, 7) is 6.05. The van der Waals surface area contributed by atoms with E-state index in [1.165, 1.54) is 5.57 Å². The van der Waals surface area contributed by atoms with Crippen molar-refractivity contribution in [3.05, 3.63) is 21.8 Å². The first kappa shape index (κ1) is 17.3. The zero-order chi connectivity index (χ0) is 13.8. The Kier molecular flexibility index (Phi) is 10.6. The summed E-state index contributed by atoms with van der Waals surface area (Å²) in [5, 5.41) is 21.0. The molecule has 0 aromatic carbocycles. The fourth-order valence-electron chi connectivity index (χ4n) is 0.763. The largest absolute Gasteiger partial charge is 0.369 e. The number of hydrogen-bond acceptors (Lipinski definition) is 4. The van der Waals surface area contributed by atoms with E-state index >= 15 is 0 Å². The third-order valence-electron chi connectivity index (χ3n) is 1.39. The maximum atomic E-state index is 8.36. The molecule has 0 aliphatic rings. The standard InChI is InChI=1S/C9H18N4.HNO3/c1-7(2)5-4-6-8(3)12-13-9(10)11;2-1(3)4/h5H,4,6H2,1-3H3,(H4,10,11,13);(H,2,3,4)/b12-8-;. The van der Waals surface area contributed by atoms with E-state index in [0.717, 1.165) is 18.6 Å². The molecule has 0 saturated heterocycles. The maximum Gasteiger partial charge on any atom is 0.291 e. The Morgan fingerprint density at radius 1 is 1.35 bits per heavy atom. The minimum atomic E-state index is -1.50. The van der Waals surface area contributed by atoms with E-state index in [2.05, 4.69) is 30.1 Å². The quantitative estimate of drug-likeness (QED) is 0.223. The normalized spacial score (nSPS) is 9.71. The summed E-state index contributed by atoms with van der Waals surface area (Å²) in [6, 6.07) is 0. The van der Waals surface area contributed by atoms with Crippen molar-refractivity contribution >= 4 is 11.7 Å². The van der Waals surface area contributed by atoms with Gasteiger partial charge in [0.1, 0.15) is 0 Å². The van der Waals surface area contributed by atoms with Crippen molar-refractivity contribution in [3.63, 3.8) is 0 Å². The van der Waals surface area contributed by atoms with Crippen molar-refractivity contribution in [3.8, 4) is 0 Å². The molecule has 0 aliphatic heterocycles. The zero-order valence-electron chi connectivity index (χ0n) is 10.3. The van der Waals surface area contributed by atoms with Crippen molar-refractivity contribution in [1.82, 2.24) is 0 Å². The molecule has 0 heterocycles. The molecule has 8 heteroatoms. The predicted octanol–water partition coefficient (Wildman–Crippen LogP) is 1.03. The van der Waals surface area contributed by atoms with Crippen LogP contribution in [0.15, 0.2) is 21.9 Å². The molecule has 0 radical (unpaired) electrons. The first-order valence-corrected chi connectivity index (χ1v) is 4.84. The van der Waals surface area contributed by atoms with Crippen LogP contribution < -0.4 is 11.5 Å². The highest BCUT2D eigenvalue weighted by Gasteiger charge is 1.89. The number of nitrogens with zero attached hydrogens (tertiary/aromatic N) is 3.